The van der Waals surface area contributed by atoms with E-state index >= 15 is 0 Å². The summed E-state index contributed by atoms with van der Waals surface area (Å²) >= 11 is 8.79. The van der Waals surface area contributed by atoms with E-state index in [0.717, 1.165) is 11.1 Å². The molecule has 0 radical (unpaired) electrons. The quantitative estimate of drug-likeness (QED) is 0.145. The number of hydrogen-bond acceptors (Lipinski definition) is 11. The van der Waals surface area contributed by atoms with E-state index in [1.54, 1.807) is 62.5 Å². The number of halogens is 1. The van der Waals surface area contributed by atoms with Crippen LogP contribution in [0.4, 0.5) is 10.7 Å². The van der Waals surface area contributed by atoms with Crippen LogP contribution in [0.3, 0.4) is 0 Å². The highest BCUT2D eigenvalue weighted by atomic mass is 35.5. The topological polar surface area (TPSA) is 165 Å². The van der Waals surface area contributed by atoms with Gasteiger partial charge in [-0.05, 0) is 97.3 Å². The van der Waals surface area contributed by atoms with E-state index in [1.807, 2.05) is 23.3 Å². The molecular weight excluding hydrogens is 770 g/mol. The lowest BCUT2D eigenvalue weighted by molar-refractivity contribution is 0.0603. The van der Waals surface area contributed by atoms with Gasteiger partial charge in [-0.1, -0.05) is 42.4 Å². The summed E-state index contributed by atoms with van der Waals surface area (Å²) < 4.78 is 7.31. The Hall–Kier alpha value is -5.64. The van der Waals surface area contributed by atoms with Crippen molar-refractivity contribution in [3.8, 4) is 23.3 Å². The molecule has 1 N–H and O–H groups in total. The smallest absolute Gasteiger partial charge is 0.434 e. The fraction of sp³-hybridized carbons (Fsp3) is 0.293. The number of carbonyl (C=O) groups excluding carboxylic acids is 2. The molecule has 0 saturated carbocycles. The Balaban J connectivity index is 1.37. The van der Waals surface area contributed by atoms with E-state index in [1.165, 1.54) is 32.1 Å². The molecule has 2 amide bonds. The van der Waals surface area contributed by atoms with Crippen molar-refractivity contribution in [2.75, 3.05) is 18.0 Å². The number of piperidine rings is 1. The molecular formula is C41H38ClN7O5S2. The number of anilines is 1. The van der Waals surface area contributed by atoms with Crippen LogP contribution in [0.2, 0.25) is 0 Å². The molecule has 56 heavy (non-hydrogen) atoms. The van der Waals surface area contributed by atoms with Crippen LogP contribution in [-0.2, 0) is 24.4 Å². The molecule has 1 saturated heterocycles. The van der Waals surface area contributed by atoms with Crippen molar-refractivity contribution in [3.05, 3.63) is 114 Å². The number of benzene rings is 2. The van der Waals surface area contributed by atoms with Crippen molar-refractivity contribution in [1.82, 2.24) is 14.5 Å². The van der Waals surface area contributed by atoms with E-state index in [9.17, 15) is 30.0 Å². The molecule has 0 aliphatic carbocycles. The number of aliphatic imine (C=N–C) groups is 1. The van der Waals surface area contributed by atoms with E-state index in [-0.39, 0.29) is 42.9 Å². The van der Waals surface area contributed by atoms with Gasteiger partial charge in [-0.3, -0.25) is 19.1 Å². The molecule has 15 heteroatoms. The Morgan fingerprint density at radius 2 is 1.82 bits per heavy atom. The number of aliphatic hydroxyl groups excluding tert-OH is 1. The highest BCUT2D eigenvalue weighted by molar-refractivity contribution is 7.17. The van der Waals surface area contributed by atoms with Gasteiger partial charge in [0.15, 0.2) is 0 Å². The number of amides is 2. The summed E-state index contributed by atoms with van der Waals surface area (Å²) in [7, 11) is 0. The van der Waals surface area contributed by atoms with Gasteiger partial charge in [0.2, 0.25) is 5.95 Å². The molecule has 1 fully saturated rings. The number of aliphatic hydroxyl groups is 1. The number of nitriles is 2. The predicted octanol–water partition coefficient (Wildman–Crippen LogP) is 8.11. The lowest BCUT2D eigenvalue weighted by Gasteiger charge is -2.31. The highest BCUT2D eigenvalue weighted by Gasteiger charge is 2.27. The van der Waals surface area contributed by atoms with Gasteiger partial charge < -0.3 is 14.7 Å². The molecule has 4 heterocycles. The van der Waals surface area contributed by atoms with Gasteiger partial charge in [0.1, 0.15) is 15.5 Å². The fourth-order valence-corrected chi connectivity index (χ4v) is 8.60. The number of aromatic nitrogens is 2. The molecule has 2 aromatic carbocycles. The summed E-state index contributed by atoms with van der Waals surface area (Å²) in [5.74, 6) is -0.0503. The summed E-state index contributed by atoms with van der Waals surface area (Å²) in [6.45, 7) is 11.4. The number of nitrogens with zero attached hydrogens (tertiary/aromatic N) is 7. The zero-order chi connectivity index (χ0) is 40.3. The van der Waals surface area contributed by atoms with Crippen LogP contribution in [0.25, 0.3) is 21.3 Å². The van der Waals surface area contributed by atoms with Crippen molar-refractivity contribution < 1.29 is 19.4 Å². The number of thiophene rings is 2. The second-order valence-corrected chi connectivity index (χ2v) is 16.4. The van der Waals surface area contributed by atoms with E-state index in [2.05, 4.69) is 23.7 Å². The zero-order valence-corrected chi connectivity index (χ0v) is 33.6. The molecule has 1 aliphatic heterocycles. The van der Waals surface area contributed by atoms with Gasteiger partial charge in [0, 0.05) is 17.8 Å². The lowest BCUT2D eigenvalue weighted by atomic mass is 9.98. The van der Waals surface area contributed by atoms with E-state index in [0.29, 0.717) is 79.5 Å². The molecule has 286 valence electrons. The number of ether oxygens (including phenoxy) is 1. The largest absolute Gasteiger partial charge is 0.442 e. The summed E-state index contributed by atoms with van der Waals surface area (Å²) in [6.07, 6.45) is 0.518. The monoisotopic (exact) mass is 807 g/mol. The molecule has 1 aliphatic rings. The molecule has 0 unspecified atom stereocenters. The van der Waals surface area contributed by atoms with Crippen LogP contribution >= 0.6 is 34.3 Å². The van der Waals surface area contributed by atoms with Crippen molar-refractivity contribution in [2.24, 2.45) is 4.99 Å². The third-order valence-corrected chi connectivity index (χ3v) is 11.5. The summed E-state index contributed by atoms with van der Waals surface area (Å²) in [6, 6.07) is 16.7. The van der Waals surface area contributed by atoms with E-state index in [4.69, 9.17) is 21.3 Å². The second-order valence-electron chi connectivity index (χ2n) is 14.2. The fourth-order valence-electron chi connectivity index (χ4n) is 6.47. The third-order valence-electron chi connectivity index (χ3n) is 9.20. The third kappa shape index (κ3) is 8.44. The molecule has 3 aromatic heterocycles. The first-order chi connectivity index (χ1) is 26.7. The summed E-state index contributed by atoms with van der Waals surface area (Å²) in [5.41, 5.74) is 4.60. The maximum Gasteiger partial charge on any atom is 0.434 e. The first kappa shape index (κ1) is 40.0. The number of hydrogen-bond donors (Lipinski definition) is 1. The molecule has 5 aromatic rings. The SMILES string of the molecule is C=C(Cl)N(Cc1ccccc1C#N)C(=O)c1scc(-c2ccc(C#N)c(Cn3c(N4CCC/C(=N/C(=O)OC(C)(C)C)C4)nc4c(CO)csc4c3=O)c2)c1C. The Labute approximate surface area is 336 Å². The standard InChI is InChI=1S/C41H38ClN7O5S2/c1-24-33(23-56-35(24)37(51)48(25(2)42)18-29-10-7-6-9-27(29)16-43)26-12-13-28(17-44)30(15-26)19-49-38(52)36-34(31(21-50)22-55-36)46-39(49)47-14-8-11-32(20-47)45-40(53)54-41(3,4)5/h6-7,9-10,12-13,15,22-23,50H,2,8,11,14,18-21H2,1,3-5H3/b45-32-. The van der Waals surface area contributed by atoms with Crippen LogP contribution < -0.4 is 10.5 Å². The minimum atomic E-state index is -0.709. The van der Waals surface area contributed by atoms with Gasteiger partial charge >= 0.3 is 6.09 Å². The van der Waals surface area contributed by atoms with Crippen LogP contribution in [0, 0.1) is 29.6 Å². The number of rotatable bonds is 9. The first-order valence-electron chi connectivity index (χ1n) is 17.6. The van der Waals surface area contributed by atoms with Gasteiger partial charge in [0.25, 0.3) is 11.5 Å². The number of fused-ring (bicyclic) bond motifs is 1. The zero-order valence-electron chi connectivity index (χ0n) is 31.3. The van der Waals surface area contributed by atoms with Crippen molar-refractivity contribution in [2.45, 2.75) is 65.8 Å². The molecule has 12 nitrogen and oxygen atoms in total. The average Bonchev–Trinajstić information content (AvgIpc) is 3.77. The molecule has 6 rings (SSSR count). The predicted molar refractivity (Wildman–Crippen MR) is 219 cm³/mol. The maximum absolute atomic E-state index is 14.3. The average molecular weight is 808 g/mol. The van der Waals surface area contributed by atoms with Gasteiger partial charge in [-0.15, -0.1) is 22.7 Å². The summed E-state index contributed by atoms with van der Waals surface area (Å²) in [5, 5.41) is 33.5. The number of carbonyl (C=O) groups is 2. The van der Waals surface area contributed by atoms with Crippen LogP contribution in [-0.4, -0.2) is 56.0 Å². The normalized spacial score (nSPS) is 13.7. The van der Waals surface area contributed by atoms with E-state index < -0.39 is 11.7 Å². The lowest BCUT2D eigenvalue weighted by Crippen LogP contribution is -2.41. The minimum absolute atomic E-state index is 0.0115. The minimum Gasteiger partial charge on any atom is -0.442 e. The maximum atomic E-state index is 14.3. The Kier molecular flexibility index (Phi) is 11.9. The second kappa shape index (κ2) is 16.6. The molecule has 0 spiro atoms. The van der Waals surface area contributed by atoms with Crippen LogP contribution in [0.15, 0.2) is 74.7 Å². The Morgan fingerprint density at radius 3 is 2.52 bits per heavy atom. The molecule has 0 atom stereocenters. The Morgan fingerprint density at radius 1 is 1.09 bits per heavy atom. The highest BCUT2D eigenvalue weighted by Crippen LogP contribution is 2.35. The van der Waals surface area contributed by atoms with Gasteiger partial charge in [-0.2, -0.15) is 15.5 Å². The van der Waals surface area contributed by atoms with Crippen molar-refractivity contribution in [3.63, 3.8) is 0 Å². The van der Waals surface area contributed by atoms with Crippen LogP contribution in [0.5, 0.6) is 0 Å². The van der Waals surface area contributed by atoms with Crippen molar-refractivity contribution in [1.29, 1.82) is 10.5 Å². The summed E-state index contributed by atoms with van der Waals surface area (Å²) in [4.78, 5) is 53.6. The van der Waals surface area contributed by atoms with Crippen molar-refractivity contribution >= 4 is 68.2 Å². The first-order valence-corrected chi connectivity index (χ1v) is 19.8. The van der Waals surface area contributed by atoms with Gasteiger partial charge in [-0.25, -0.2) is 9.78 Å². The Bertz CT molecular complexity index is 2550. The van der Waals surface area contributed by atoms with Crippen LogP contribution in [0.1, 0.15) is 76.7 Å². The molecule has 0 bridgehead atoms. The van der Waals surface area contributed by atoms with Gasteiger partial charge in [0.05, 0.1) is 59.9 Å².